The van der Waals surface area contributed by atoms with Gasteiger partial charge in [0.05, 0.1) is 5.69 Å². The largest absolute Gasteiger partial charge is 0.384 e. The van der Waals surface area contributed by atoms with E-state index in [1.165, 1.54) is 65.0 Å². The van der Waals surface area contributed by atoms with Gasteiger partial charge in [0.25, 0.3) is 11.4 Å². The van der Waals surface area contributed by atoms with Gasteiger partial charge in [-0.05, 0) is 94.6 Å². The highest BCUT2D eigenvalue weighted by Gasteiger charge is 2.32. The minimum absolute atomic E-state index is 0.175. The molecule has 0 saturated heterocycles. The van der Waals surface area contributed by atoms with Crippen LogP contribution in [0.2, 0.25) is 0 Å². The van der Waals surface area contributed by atoms with Crippen LogP contribution in [0.4, 0.5) is 10.2 Å². The average molecular weight is 673 g/mol. The number of nitrogens with two attached hydrogens (primary N) is 1. The number of hydrogen-bond donors (Lipinski definition) is 2. The first-order valence-electron chi connectivity index (χ1n) is 15.7. The lowest BCUT2D eigenvalue weighted by Crippen LogP contribution is -2.33. The van der Waals surface area contributed by atoms with Crippen LogP contribution >= 0.6 is 0 Å². The Bertz CT molecular complexity index is 2440. The number of nitrogen functional groups attached to an aromatic ring is 1. The number of aryl methyl sites for hydroxylation is 1. The molecule has 10 nitrogen and oxygen atoms in total. The molecule has 3 heterocycles. The summed E-state index contributed by atoms with van der Waals surface area (Å²) in [6, 6.07) is 23.0. The summed E-state index contributed by atoms with van der Waals surface area (Å²) in [5.74, 6) is -1.89. The van der Waals surface area contributed by atoms with Crippen LogP contribution in [0, 0.1) is 5.82 Å². The Morgan fingerprint density at radius 3 is 2.59 bits per heavy atom. The number of aromatic nitrogens is 5. The van der Waals surface area contributed by atoms with Crippen LogP contribution in [0.3, 0.4) is 0 Å². The van der Waals surface area contributed by atoms with Crippen LogP contribution in [-0.2, 0) is 35.3 Å². The molecule has 49 heavy (non-hydrogen) atoms. The molecule has 0 fully saturated rings. The Morgan fingerprint density at radius 1 is 0.959 bits per heavy atom. The van der Waals surface area contributed by atoms with E-state index >= 15 is 0 Å². The summed E-state index contributed by atoms with van der Waals surface area (Å²) in [5.41, 5.74) is 14.6. The van der Waals surface area contributed by atoms with Crippen LogP contribution in [-0.4, -0.2) is 33.4 Å². The Hall–Kier alpha value is -5.88. The number of anilines is 1. The zero-order valence-corrected chi connectivity index (χ0v) is 26.8. The van der Waals surface area contributed by atoms with E-state index in [-0.39, 0.29) is 17.4 Å². The summed E-state index contributed by atoms with van der Waals surface area (Å²) in [7, 11) is -4.41. The first-order valence-corrected chi connectivity index (χ1v) is 17.3. The van der Waals surface area contributed by atoms with Gasteiger partial charge in [0, 0.05) is 41.1 Å². The van der Waals surface area contributed by atoms with Gasteiger partial charge in [-0.15, -0.1) is 5.10 Å². The van der Waals surface area contributed by atoms with Gasteiger partial charge in [-0.1, -0.05) is 48.6 Å². The molecule has 3 aromatic carbocycles. The molecular formula is C37H29FN6O4S. The topological polar surface area (TPSA) is 146 Å². The minimum Gasteiger partial charge on any atom is -0.384 e. The van der Waals surface area contributed by atoms with Crippen LogP contribution < -0.4 is 15.5 Å². The summed E-state index contributed by atoms with van der Waals surface area (Å²) in [6.07, 6.45) is 9.43. The standard InChI is InChI=1S/C37H29FN6O4S/c38-25-11-8-23(9-12-25)36-34(24-16-18-40-32(39)20-24)35(37(45)44(43-36)21-49(46,47)48-33-17-19-41-42-33)31-7-3-6-27-29-13-10-22-4-1-2-5-26(22)28(29)14-15-30(27)31/h1-5,7-9,11-12,14-20,31H,6,10,13,21H2,(H2,39,40)(H,41,42). The highest BCUT2D eigenvalue weighted by Crippen LogP contribution is 2.44. The van der Waals surface area contributed by atoms with E-state index in [1.54, 1.807) is 12.1 Å². The summed E-state index contributed by atoms with van der Waals surface area (Å²) in [4.78, 5) is 18.9. The smallest absolute Gasteiger partial charge is 0.331 e. The molecule has 0 spiro atoms. The molecule has 0 bridgehead atoms. The SMILES string of the molecule is Nc1cc(-c2c(-c3ccc(F)cc3)nn(CS(=O)(=O)Oc3cc[nH]n3)c(=O)c2C2C=CCc3c2ccc2c3CCc3ccccc3-2)ccn1. The van der Waals surface area contributed by atoms with Gasteiger partial charge < -0.3 is 9.92 Å². The molecule has 244 valence electrons. The van der Waals surface area contributed by atoms with Gasteiger partial charge in [0.1, 0.15) is 11.6 Å². The van der Waals surface area contributed by atoms with Crippen molar-refractivity contribution in [1.29, 1.82) is 0 Å². The molecule has 2 aliphatic carbocycles. The lowest BCUT2D eigenvalue weighted by molar-refractivity contribution is 0.457. The third-order valence-electron chi connectivity index (χ3n) is 9.06. The number of allylic oxidation sites excluding steroid dienone is 2. The fraction of sp³-hybridized carbons (Fsp3) is 0.135. The van der Waals surface area contributed by atoms with E-state index < -0.39 is 33.3 Å². The van der Waals surface area contributed by atoms with Crippen molar-refractivity contribution in [1.82, 2.24) is 25.0 Å². The molecule has 0 amide bonds. The summed E-state index contributed by atoms with van der Waals surface area (Å²) >= 11 is 0. The van der Waals surface area contributed by atoms with Crippen molar-refractivity contribution in [3.05, 3.63) is 147 Å². The van der Waals surface area contributed by atoms with Crippen molar-refractivity contribution in [3.8, 4) is 39.4 Å². The predicted octanol–water partition coefficient (Wildman–Crippen LogP) is 5.79. The Balaban J connectivity index is 1.38. The van der Waals surface area contributed by atoms with Crippen LogP contribution in [0.15, 0.2) is 108 Å². The number of pyridine rings is 1. The van der Waals surface area contributed by atoms with Crippen molar-refractivity contribution in [2.75, 3.05) is 5.73 Å². The molecule has 0 saturated carbocycles. The summed E-state index contributed by atoms with van der Waals surface area (Å²) < 4.78 is 46.8. The van der Waals surface area contributed by atoms with E-state index in [0.717, 1.165) is 28.7 Å². The quantitative estimate of drug-likeness (QED) is 0.160. The Morgan fingerprint density at radius 2 is 1.80 bits per heavy atom. The second-order valence-electron chi connectivity index (χ2n) is 12.0. The maximum atomic E-state index is 14.7. The highest BCUT2D eigenvalue weighted by molar-refractivity contribution is 7.86. The van der Waals surface area contributed by atoms with Crippen molar-refractivity contribution in [2.45, 2.75) is 31.1 Å². The lowest BCUT2D eigenvalue weighted by atomic mass is 9.74. The summed E-state index contributed by atoms with van der Waals surface area (Å²) in [5, 5.41) is 10.9. The second kappa shape index (κ2) is 12.0. The fourth-order valence-corrected chi connectivity index (χ4v) is 7.87. The number of aromatic amines is 1. The first kappa shape index (κ1) is 30.5. The monoisotopic (exact) mass is 672 g/mol. The minimum atomic E-state index is -4.41. The number of H-pyrrole nitrogens is 1. The highest BCUT2D eigenvalue weighted by atomic mass is 32.2. The van der Waals surface area contributed by atoms with Crippen LogP contribution in [0.1, 0.15) is 33.7 Å². The number of benzene rings is 3. The normalized spacial score (nSPS) is 14.9. The predicted molar refractivity (Wildman–Crippen MR) is 184 cm³/mol. The second-order valence-corrected chi connectivity index (χ2v) is 13.6. The van der Waals surface area contributed by atoms with Crippen LogP contribution in [0.25, 0.3) is 33.5 Å². The molecule has 0 radical (unpaired) electrons. The third kappa shape index (κ3) is 5.59. The van der Waals surface area contributed by atoms with Crippen molar-refractivity contribution in [2.24, 2.45) is 0 Å². The molecule has 6 aromatic rings. The van der Waals surface area contributed by atoms with E-state index in [2.05, 4.69) is 56.7 Å². The van der Waals surface area contributed by atoms with E-state index in [0.29, 0.717) is 28.7 Å². The van der Waals surface area contributed by atoms with Crippen molar-refractivity contribution < 1.29 is 17.0 Å². The zero-order valence-electron chi connectivity index (χ0n) is 26.0. The number of rotatable bonds is 7. The van der Waals surface area contributed by atoms with E-state index in [9.17, 15) is 17.6 Å². The van der Waals surface area contributed by atoms with Gasteiger partial charge in [0.2, 0.25) is 0 Å². The third-order valence-corrected chi connectivity index (χ3v) is 10.0. The van der Waals surface area contributed by atoms with E-state index in [4.69, 9.17) is 9.92 Å². The molecule has 3 N–H and O–H groups in total. The fourth-order valence-electron chi connectivity index (χ4n) is 6.99. The molecule has 1 atom stereocenters. The molecule has 8 rings (SSSR count). The summed E-state index contributed by atoms with van der Waals surface area (Å²) in [6.45, 7) is 0. The zero-order chi connectivity index (χ0) is 33.7. The molecule has 12 heteroatoms. The maximum Gasteiger partial charge on any atom is 0.331 e. The first-order chi connectivity index (χ1) is 23.8. The average Bonchev–Trinajstić information content (AvgIpc) is 3.61. The van der Waals surface area contributed by atoms with Gasteiger partial charge in [0.15, 0.2) is 5.88 Å². The van der Waals surface area contributed by atoms with Gasteiger partial charge in [-0.25, -0.2) is 14.1 Å². The number of fused-ring (bicyclic) bond motifs is 5. The van der Waals surface area contributed by atoms with Gasteiger partial charge in [-0.3, -0.25) is 9.89 Å². The van der Waals surface area contributed by atoms with Crippen LogP contribution in [0.5, 0.6) is 5.88 Å². The Kier molecular flexibility index (Phi) is 7.44. The maximum absolute atomic E-state index is 14.7. The lowest BCUT2D eigenvalue weighted by Gasteiger charge is -2.30. The molecular weight excluding hydrogens is 644 g/mol. The number of nitrogens with one attached hydrogen (secondary N) is 1. The molecule has 1 unspecified atom stereocenters. The van der Waals surface area contributed by atoms with Gasteiger partial charge in [-0.2, -0.15) is 13.5 Å². The number of hydrogen-bond acceptors (Lipinski definition) is 8. The van der Waals surface area contributed by atoms with Gasteiger partial charge >= 0.3 is 10.1 Å². The molecule has 2 aliphatic rings. The van der Waals surface area contributed by atoms with E-state index in [1.807, 2.05) is 12.1 Å². The number of halogens is 1. The van der Waals surface area contributed by atoms with Crippen molar-refractivity contribution in [3.63, 3.8) is 0 Å². The Labute approximate surface area is 280 Å². The van der Waals surface area contributed by atoms with Crippen molar-refractivity contribution >= 4 is 15.9 Å². The number of nitrogens with zero attached hydrogens (tertiary/aromatic N) is 4. The molecule has 3 aromatic heterocycles. The molecule has 0 aliphatic heterocycles.